The third-order valence-electron chi connectivity index (χ3n) is 3.67. The van der Waals surface area contributed by atoms with Crippen LogP contribution in [-0.2, 0) is 0 Å². The smallest absolute Gasteiger partial charge is 0.258 e. The highest BCUT2D eigenvalue weighted by Crippen LogP contribution is 2.32. The second kappa shape index (κ2) is 3.98. The number of hydrogen-bond acceptors (Lipinski definition) is 1. The molecule has 1 heterocycles. The first-order chi connectivity index (χ1) is 8.18. The van der Waals surface area contributed by atoms with Crippen molar-refractivity contribution in [1.82, 2.24) is 4.57 Å². The predicted molar refractivity (Wildman–Crippen MR) is 73.5 cm³/mol. The highest BCUT2D eigenvalue weighted by atomic mass is 79.9. The van der Waals surface area contributed by atoms with Crippen LogP contribution in [0.1, 0.15) is 30.9 Å². The van der Waals surface area contributed by atoms with Crippen molar-refractivity contribution < 1.29 is 0 Å². The molecule has 1 saturated carbocycles. The maximum atomic E-state index is 12.4. The average molecular weight is 292 g/mol. The highest BCUT2D eigenvalue weighted by Gasteiger charge is 2.21. The van der Waals surface area contributed by atoms with E-state index in [9.17, 15) is 4.79 Å². The van der Waals surface area contributed by atoms with Gasteiger partial charge in [0.05, 0.1) is 0 Å². The van der Waals surface area contributed by atoms with Gasteiger partial charge in [-0.2, -0.15) is 0 Å². The molecule has 1 fully saturated rings. The molecule has 1 aliphatic carbocycles. The molecule has 0 aliphatic heterocycles. The number of fused-ring (bicyclic) bond motifs is 1. The van der Waals surface area contributed by atoms with E-state index in [2.05, 4.69) is 22.9 Å². The Hall–Kier alpha value is -1.09. The molecular weight excluding hydrogens is 278 g/mol. The van der Waals surface area contributed by atoms with Gasteiger partial charge in [-0.05, 0) is 43.9 Å². The molecule has 0 saturated heterocycles. The lowest BCUT2D eigenvalue weighted by atomic mass is 9.92. The minimum absolute atomic E-state index is 0.150. The zero-order valence-corrected chi connectivity index (χ0v) is 11.3. The zero-order chi connectivity index (χ0) is 12.0. The van der Waals surface area contributed by atoms with Crippen LogP contribution in [0, 0.1) is 6.92 Å². The first kappa shape index (κ1) is 11.0. The number of pyridine rings is 1. The fourth-order valence-electron chi connectivity index (χ4n) is 2.51. The minimum atomic E-state index is 0.150. The first-order valence-electron chi connectivity index (χ1n) is 5.98. The Labute approximate surface area is 108 Å². The largest absolute Gasteiger partial charge is 0.312 e. The molecule has 3 rings (SSSR count). The maximum Gasteiger partial charge on any atom is 0.258 e. The summed E-state index contributed by atoms with van der Waals surface area (Å²) in [7, 11) is 0. The topological polar surface area (TPSA) is 22.0 Å². The number of benzene rings is 1. The van der Waals surface area contributed by atoms with Crippen molar-refractivity contribution in [3.63, 3.8) is 0 Å². The van der Waals surface area contributed by atoms with Gasteiger partial charge in [0, 0.05) is 27.5 Å². The predicted octanol–water partition coefficient (Wildman–Crippen LogP) is 3.80. The third-order valence-corrected chi connectivity index (χ3v) is 4.33. The lowest BCUT2D eigenvalue weighted by molar-refractivity contribution is 0.307. The van der Waals surface area contributed by atoms with Crippen LogP contribution in [0.3, 0.4) is 0 Å². The molecule has 0 radical (unpaired) electrons. The van der Waals surface area contributed by atoms with Gasteiger partial charge < -0.3 is 4.57 Å². The number of aromatic nitrogens is 1. The Balaban J connectivity index is 2.35. The molecule has 0 atom stereocenters. The molecule has 0 spiro atoms. The van der Waals surface area contributed by atoms with Gasteiger partial charge in [-0.15, -0.1) is 0 Å². The minimum Gasteiger partial charge on any atom is -0.312 e. The fourth-order valence-corrected chi connectivity index (χ4v) is 3.19. The maximum absolute atomic E-state index is 12.4. The molecule has 17 heavy (non-hydrogen) atoms. The van der Waals surface area contributed by atoms with Crippen LogP contribution in [0.4, 0.5) is 0 Å². The average Bonchev–Trinajstić information content (AvgIpc) is 2.22. The van der Waals surface area contributed by atoms with Crippen LogP contribution < -0.4 is 5.56 Å². The fraction of sp³-hybridized carbons (Fsp3) is 0.357. The Kier molecular flexibility index (Phi) is 2.58. The van der Waals surface area contributed by atoms with Gasteiger partial charge in [0.15, 0.2) is 0 Å². The number of aryl methyl sites for hydroxylation is 1. The van der Waals surface area contributed by atoms with E-state index in [0.717, 1.165) is 28.1 Å². The number of rotatable bonds is 1. The van der Waals surface area contributed by atoms with Gasteiger partial charge in [-0.3, -0.25) is 4.79 Å². The Morgan fingerprint density at radius 3 is 2.76 bits per heavy atom. The van der Waals surface area contributed by atoms with Gasteiger partial charge in [-0.1, -0.05) is 22.0 Å². The van der Waals surface area contributed by atoms with Gasteiger partial charge in [0.25, 0.3) is 5.56 Å². The van der Waals surface area contributed by atoms with E-state index in [1.54, 1.807) is 0 Å². The van der Waals surface area contributed by atoms with Crippen molar-refractivity contribution in [3.8, 4) is 0 Å². The van der Waals surface area contributed by atoms with Crippen molar-refractivity contribution in [3.05, 3.63) is 44.8 Å². The molecular formula is C14H14BrNO. The second-order valence-electron chi connectivity index (χ2n) is 4.77. The summed E-state index contributed by atoms with van der Waals surface area (Å²) < 4.78 is 2.93. The van der Waals surface area contributed by atoms with Crippen LogP contribution in [0.5, 0.6) is 0 Å². The van der Waals surface area contributed by atoms with E-state index in [1.165, 1.54) is 12.0 Å². The van der Waals surface area contributed by atoms with Crippen LogP contribution in [0.15, 0.2) is 33.7 Å². The van der Waals surface area contributed by atoms with E-state index >= 15 is 0 Å². The number of hydrogen-bond donors (Lipinski definition) is 0. The summed E-state index contributed by atoms with van der Waals surface area (Å²) >= 11 is 3.53. The van der Waals surface area contributed by atoms with Crippen molar-refractivity contribution in [2.45, 2.75) is 32.2 Å². The monoisotopic (exact) mass is 291 g/mol. The van der Waals surface area contributed by atoms with Gasteiger partial charge in [0.1, 0.15) is 0 Å². The van der Waals surface area contributed by atoms with E-state index < -0.39 is 0 Å². The van der Waals surface area contributed by atoms with Crippen molar-refractivity contribution >= 4 is 26.7 Å². The van der Waals surface area contributed by atoms with Gasteiger partial charge in [-0.25, -0.2) is 0 Å². The molecule has 0 N–H and O–H groups in total. The summed E-state index contributed by atoms with van der Waals surface area (Å²) in [6, 6.07) is 6.26. The summed E-state index contributed by atoms with van der Waals surface area (Å²) in [5.74, 6) is 0. The van der Waals surface area contributed by atoms with E-state index in [-0.39, 0.29) is 5.56 Å². The molecule has 0 amide bonds. The standard InChI is InChI=1S/C14H14BrNO/c1-9-8-16(10-4-2-5-10)14(17)11-6-3-7-12(15)13(9)11/h3,6-8,10H,2,4-5H2,1H3. The third kappa shape index (κ3) is 1.64. The summed E-state index contributed by atoms with van der Waals surface area (Å²) in [5, 5.41) is 1.87. The number of nitrogens with zero attached hydrogens (tertiary/aromatic N) is 1. The summed E-state index contributed by atoms with van der Waals surface area (Å²) in [6.07, 6.45) is 5.53. The van der Waals surface area contributed by atoms with E-state index in [1.807, 2.05) is 29.0 Å². The Bertz CT molecular complexity index is 640. The molecule has 2 aromatic rings. The molecule has 3 heteroatoms. The Morgan fingerprint density at radius 2 is 2.12 bits per heavy atom. The van der Waals surface area contributed by atoms with Crippen LogP contribution in [0.2, 0.25) is 0 Å². The molecule has 0 bridgehead atoms. The molecule has 0 unspecified atom stereocenters. The summed E-state index contributed by atoms with van der Waals surface area (Å²) in [4.78, 5) is 12.4. The lowest BCUT2D eigenvalue weighted by Crippen LogP contribution is -2.29. The molecule has 2 nitrogen and oxygen atoms in total. The first-order valence-corrected chi connectivity index (χ1v) is 6.78. The van der Waals surface area contributed by atoms with Crippen molar-refractivity contribution in [2.75, 3.05) is 0 Å². The van der Waals surface area contributed by atoms with Crippen molar-refractivity contribution in [1.29, 1.82) is 0 Å². The lowest BCUT2D eigenvalue weighted by Gasteiger charge is -2.28. The molecule has 1 aromatic heterocycles. The normalized spacial score (nSPS) is 16.1. The summed E-state index contributed by atoms with van der Waals surface area (Å²) in [5.41, 5.74) is 1.32. The van der Waals surface area contributed by atoms with Crippen LogP contribution in [-0.4, -0.2) is 4.57 Å². The number of halogens is 1. The van der Waals surface area contributed by atoms with Crippen LogP contribution in [0.25, 0.3) is 10.8 Å². The molecule has 1 aliphatic rings. The highest BCUT2D eigenvalue weighted by molar-refractivity contribution is 9.10. The second-order valence-corrected chi connectivity index (χ2v) is 5.63. The Morgan fingerprint density at radius 1 is 1.35 bits per heavy atom. The van der Waals surface area contributed by atoms with Crippen molar-refractivity contribution in [2.24, 2.45) is 0 Å². The molecule has 88 valence electrons. The quantitative estimate of drug-likeness (QED) is 0.783. The van der Waals surface area contributed by atoms with E-state index in [0.29, 0.717) is 6.04 Å². The van der Waals surface area contributed by atoms with Gasteiger partial charge in [0.2, 0.25) is 0 Å². The SMILES string of the molecule is Cc1cn(C2CCC2)c(=O)c2cccc(Br)c12. The van der Waals surface area contributed by atoms with Gasteiger partial charge >= 0.3 is 0 Å². The van der Waals surface area contributed by atoms with Crippen LogP contribution >= 0.6 is 15.9 Å². The zero-order valence-electron chi connectivity index (χ0n) is 9.74. The van der Waals surface area contributed by atoms with E-state index in [4.69, 9.17) is 0 Å². The molecule has 1 aromatic carbocycles. The summed E-state index contributed by atoms with van der Waals surface area (Å²) in [6.45, 7) is 2.07.